The van der Waals surface area contributed by atoms with E-state index in [4.69, 9.17) is 15.0 Å². The average molecular weight is 512 g/mol. The molecule has 4 aromatic heterocycles. The fourth-order valence-electron chi connectivity index (χ4n) is 6.17. The van der Waals surface area contributed by atoms with Crippen molar-refractivity contribution >= 4 is 60.2 Å². The van der Waals surface area contributed by atoms with Gasteiger partial charge in [-0.15, -0.1) is 0 Å². The minimum absolute atomic E-state index is 0.646. The van der Waals surface area contributed by atoms with Gasteiger partial charge < -0.3 is 0 Å². The maximum absolute atomic E-state index is 5.33. The van der Waals surface area contributed by atoms with Crippen LogP contribution in [0.25, 0.3) is 77.4 Å². The SMILES string of the molecule is c1ccc(-c2nc(-n3c4ccccc4c4ccc5nc6ccccn6c5c43)nc3c2ccc2ccccc23)cc1. The van der Waals surface area contributed by atoms with Gasteiger partial charge in [0.15, 0.2) is 0 Å². The summed E-state index contributed by atoms with van der Waals surface area (Å²) in [5, 5.41) is 5.62. The topological polar surface area (TPSA) is 48.0 Å². The highest BCUT2D eigenvalue weighted by Gasteiger charge is 2.21. The predicted molar refractivity (Wildman–Crippen MR) is 163 cm³/mol. The van der Waals surface area contributed by atoms with Gasteiger partial charge in [0.2, 0.25) is 5.95 Å². The van der Waals surface area contributed by atoms with Crippen molar-refractivity contribution in [2.24, 2.45) is 0 Å². The maximum Gasteiger partial charge on any atom is 0.235 e. The molecule has 186 valence electrons. The summed E-state index contributed by atoms with van der Waals surface area (Å²) in [6.45, 7) is 0. The fourth-order valence-corrected chi connectivity index (χ4v) is 6.17. The summed E-state index contributed by atoms with van der Waals surface area (Å²) < 4.78 is 4.39. The lowest BCUT2D eigenvalue weighted by Gasteiger charge is -2.13. The zero-order valence-electron chi connectivity index (χ0n) is 21.4. The molecule has 0 aliphatic rings. The standard InChI is InChI=1S/C35H21N5/c1-2-11-23(12-3-1)31-27-18-17-22-10-4-5-13-24(22)32(27)38-35(37-31)40-29-15-7-6-14-25(29)26-19-20-28-34(33(26)40)39-21-9-8-16-30(39)36-28/h1-21H. The first-order chi connectivity index (χ1) is 19.8. The quantitative estimate of drug-likeness (QED) is 0.219. The van der Waals surface area contributed by atoms with E-state index in [2.05, 4.69) is 112 Å². The second-order valence-corrected chi connectivity index (χ2v) is 10.1. The minimum Gasteiger partial charge on any atom is -0.298 e. The molecule has 0 bridgehead atoms. The third kappa shape index (κ3) is 2.89. The molecule has 0 spiro atoms. The minimum atomic E-state index is 0.646. The Morgan fingerprint density at radius 2 is 1.27 bits per heavy atom. The number of pyridine rings is 1. The van der Waals surface area contributed by atoms with E-state index in [1.54, 1.807) is 0 Å². The zero-order chi connectivity index (χ0) is 26.2. The van der Waals surface area contributed by atoms with Crippen molar-refractivity contribution in [2.45, 2.75) is 0 Å². The molecule has 0 amide bonds. The second kappa shape index (κ2) is 7.98. The van der Waals surface area contributed by atoms with E-state index in [0.29, 0.717) is 5.95 Å². The molecular formula is C35H21N5. The van der Waals surface area contributed by atoms with Crippen LogP contribution in [0.4, 0.5) is 0 Å². The Bertz CT molecular complexity index is 2430. The van der Waals surface area contributed by atoms with Gasteiger partial charge in [0.25, 0.3) is 0 Å². The van der Waals surface area contributed by atoms with E-state index in [0.717, 1.165) is 71.4 Å². The van der Waals surface area contributed by atoms with E-state index >= 15 is 0 Å². The van der Waals surface area contributed by atoms with Crippen LogP contribution in [0.15, 0.2) is 128 Å². The van der Waals surface area contributed by atoms with Crippen LogP contribution in [-0.4, -0.2) is 23.9 Å². The fraction of sp³-hybridized carbons (Fsp3) is 0. The number of fused-ring (bicyclic) bond motifs is 10. The Balaban J connectivity index is 1.52. The van der Waals surface area contributed by atoms with Gasteiger partial charge in [0.05, 0.1) is 33.3 Å². The maximum atomic E-state index is 5.33. The number of rotatable bonds is 2. The van der Waals surface area contributed by atoms with Crippen molar-refractivity contribution in [1.82, 2.24) is 23.9 Å². The molecule has 40 heavy (non-hydrogen) atoms. The highest BCUT2D eigenvalue weighted by molar-refractivity contribution is 6.18. The molecule has 5 heteroatoms. The lowest BCUT2D eigenvalue weighted by Crippen LogP contribution is -2.04. The molecule has 4 heterocycles. The highest BCUT2D eigenvalue weighted by atomic mass is 15.2. The summed E-state index contributed by atoms with van der Waals surface area (Å²) in [6, 6.07) is 42.1. The summed E-state index contributed by atoms with van der Waals surface area (Å²) in [5.41, 5.74) is 7.94. The number of aromatic nitrogens is 5. The average Bonchev–Trinajstić information content (AvgIpc) is 3.56. The van der Waals surface area contributed by atoms with Crippen molar-refractivity contribution < 1.29 is 0 Å². The molecule has 0 N–H and O–H groups in total. The largest absolute Gasteiger partial charge is 0.298 e. The van der Waals surface area contributed by atoms with Crippen LogP contribution in [0.1, 0.15) is 0 Å². The number of imidazole rings is 1. The van der Waals surface area contributed by atoms with Crippen LogP contribution in [0.3, 0.4) is 0 Å². The van der Waals surface area contributed by atoms with Crippen molar-refractivity contribution in [3.05, 3.63) is 128 Å². The molecule has 9 rings (SSSR count). The van der Waals surface area contributed by atoms with Crippen molar-refractivity contribution in [1.29, 1.82) is 0 Å². The monoisotopic (exact) mass is 511 g/mol. The second-order valence-electron chi connectivity index (χ2n) is 10.1. The van der Waals surface area contributed by atoms with Crippen LogP contribution >= 0.6 is 0 Å². The number of para-hydroxylation sites is 1. The first kappa shape index (κ1) is 21.4. The van der Waals surface area contributed by atoms with E-state index in [9.17, 15) is 0 Å². The Labute approximate surface area is 228 Å². The Morgan fingerprint density at radius 1 is 0.500 bits per heavy atom. The van der Waals surface area contributed by atoms with Crippen LogP contribution in [0.2, 0.25) is 0 Å². The Kier molecular flexibility index (Phi) is 4.27. The molecule has 0 aliphatic carbocycles. The molecule has 5 aromatic carbocycles. The Hall–Kier alpha value is -5.55. The summed E-state index contributed by atoms with van der Waals surface area (Å²) in [5.74, 6) is 0.646. The number of hydrogen-bond acceptors (Lipinski definition) is 3. The molecule has 0 radical (unpaired) electrons. The van der Waals surface area contributed by atoms with Gasteiger partial charge in [-0.2, -0.15) is 0 Å². The lowest BCUT2D eigenvalue weighted by molar-refractivity contribution is 1.02. The van der Waals surface area contributed by atoms with Gasteiger partial charge in [-0.05, 0) is 41.8 Å². The number of nitrogens with zero attached hydrogens (tertiary/aromatic N) is 5. The van der Waals surface area contributed by atoms with Gasteiger partial charge in [-0.25, -0.2) is 15.0 Å². The van der Waals surface area contributed by atoms with Crippen LogP contribution in [0, 0.1) is 0 Å². The highest BCUT2D eigenvalue weighted by Crippen LogP contribution is 2.38. The molecular weight excluding hydrogens is 490 g/mol. The van der Waals surface area contributed by atoms with Crippen molar-refractivity contribution in [2.75, 3.05) is 0 Å². The zero-order valence-corrected chi connectivity index (χ0v) is 21.4. The first-order valence-corrected chi connectivity index (χ1v) is 13.4. The molecule has 0 unspecified atom stereocenters. The van der Waals surface area contributed by atoms with Crippen molar-refractivity contribution in [3.63, 3.8) is 0 Å². The summed E-state index contributed by atoms with van der Waals surface area (Å²) in [7, 11) is 0. The van der Waals surface area contributed by atoms with Gasteiger partial charge in [-0.1, -0.05) is 84.9 Å². The van der Waals surface area contributed by atoms with Crippen LogP contribution in [-0.2, 0) is 0 Å². The van der Waals surface area contributed by atoms with E-state index in [-0.39, 0.29) is 0 Å². The lowest BCUT2D eigenvalue weighted by atomic mass is 10.0. The van der Waals surface area contributed by atoms with Gasteiger partial charge >= 0.3 is 0 Å². The predicted octanol–water partition coefficient (Wildman–Crippen LogP) is 8.35. The summed E-state index contributed by atoms with van der Waals surface area (Å²) in [6.07, 6.45) is 2.08. The number of hydrogen-bond donors (Lipinski definition) is 0. The van der Waals surface area contributed by atoms with E-state index in [1.807, 2.05) is 24.3 Å². The van der Waals surface area contributed by atoms with Crippen molar-refractivity contribution in [3.8, 4) is 17.2 Å². The summed E-state index contributed by atoms with van der Waals surface area (Å²) >= 11 is 0. The van der Waals surface area contributed by atoms with E-state index in [1.165, 1.54) is 0 Å². The normalized spacial score (nSPS) is 12.0. The van der Waals surface area contributed by atoms with Crippen LogP contribution in [0.5, 0.6) is 0 Å². The molecule has 9 aromatic rings. The molecule has 0 atom stereocenters. The molecule has 5 nitrogen and oxygen atoms in total. The third-order valence-electron chi connectivity index (χ3n) is 7.93. The number of benzene rings is 5. The molecule has 0 saturated heterocycles. The van der Waals surface area contributed by atoms with Gasteiger partial charge in [-0.3, -0.25) is 8.97 Å². The molecule has 0 fully saturated rings. The molecule has 0 saturated carbocycles. The molecule has 0 aliphatic heterocycles. The third-order valence-corrected chi connectivity index (χ3v) is 7.93. The van der Waals surface area contributed by atoms with Gasteiger partial charge in [0, 0.05) is 33.3 Å². The van der Waals surface area contributed by atoms with E-state index < -0.39 is 0 Å². The smallest absolute Gasteiger partial charge is 0.235 e. The summed E-state index contributed by atoms with van der Waals surface area (Å²) in [4.78, 5) is 15.6. The Morgan fingerprint density at radius 3 is 2.20 bits per heavy atom. The van der Waals surface area contributed by atoms with Gasteiger partial charge in [0.1, 0.15) is 5.65 Å². The first-order valence-electron chi connectivity index (χ1n) is 13.4. The van der Waals surface area contributed by atoms with Crippen LogP contribution < -0.4 is 0 Å².